The van der Waals surface area contributed by atoms with Crippen molar-refractivity contribution in [3.63, 3.8) is 0 Å². The lowest BCUT2D eigenvalue weighted by Crippen LogP contribution is -2.50. The lowest BCUT2D eigenvalue weighted by molar-refractivity contribution is -0.124. The van der Waals surface area contributed by atoms with Crippen LogP contribution in [0, 0.1) is 0 Å². The summed E-state index contributed by atoms with van der Waals surface area (Å²) in [6.07, 6.45) is 4.86. The number of amides is 2. The average molecular weight is 323 g/mol. The topological polar surface area (TPSA) is 56.4 Å². The Balaban J connectivity index is 1.60. The first-order valence-corrected chi connectivity index (χ1v) is 8.51. The van der Waals surface area contributed by atoms with Crippen molar-refractivity contribution >= 4 is 17.5 Å². The molecule has 2 aromatic rings. The van der Waals surface area contributed by atoms with Crippen molar-refractivity contribution in [1.29, 1.82) is 0 Å². The van der Waals surface area contributed by atoms with Crippen LogP contribution in [-0.4, -0.2) is 41.3 Å². The fourth-order valence-corrected chi connectivity index (χ4v) is 4.12. The molecule has 1 N–H and O–H groups in total. The molecule has 0 atom stereocenters. The molecule has 24 heavy (non-hydrogen) atoms. The predicted molar refractivity (Wildman–Crippen MR) is 92.1 cm³/mol. The molecule has 5 heteroatoms. The Morgan fingerprint density at radius 1 is 1.21 bits per heavy atom. The fourth-order valence-electron chi connectivity index (χ4n) is 4.12. The van der Waals surface area contributed by atoms with Crippen LogP contribution in [0.25, 0.3) is 0 Å². The number of aromatic amines is 1. The summed E-state index contributed by atoms with van der Waals surface area (Å²) in [6.45, 7) is 3.92. The van der Waals surface area contributed by atoms with E-state index in [4.69, 9.17) is 0 Å². The van der Waals surface area contributed by atoms with Gasteiger partial charge in [-0.15, -0.1) is 0 Å². The van der Waals surface area contributed by atoms with Crippen molar-refractivity contribution in [1.82, 2.24) is 9.88 Å². The molecule has 124 valence electrons. The SMILES string of the molecule is CCN1C(=O)C2(CCN(C(=O)c3cc[nH]c3)CC2)c2ccccc21. The second-order valence-electron chi connectivity index (χ2n) is 6.54. The molecule has 1 aromatic carbocycles. The smallest absolute Gasteiger partial charge is 0.255 e. The molecule has 2 amide bonds. The second kappa shape index (κ2) is 5.51. The molecular formula is C19H21N3O2. The van der Waals surface area contributed by atoms with E-state index in [9.17, 15) is 9.59 Å². The van der Waals surface area contributed by atoms with Crippen LogP contribution in [0.1, 0.15) is 35.7 Å². The minimum absolute atomic E-state index is 0.0391. The third-order valence-electron chi connectivity index (χ3n) is 5.43. The maximum atomic E-state index is 13.1. The van der Waals surface area contributed by atoms with E-state index in [-0.39, 0.29) is 11.8 Å². The lowest BCUT2D eigenvalue weighted by atomic mass is 9.73. The third-order valence-corrected chi connectivity index (χ3v) is 5.43. The number of H-pyrrole nitrogens is 1. The van der Waals surface area contributed by atoms with Crippen molar-refractivity contribution in [2.24, 2.45) is 0 Å². The van der Waals surface area contributed by atoms with E-state index in [0.717, 1.165) is 11.3 Å². The van der Waals surface area contributed by atoms with Crippen LogP contribution in [-0.2, 0) is 10.2 Å². The standard InChI is InChI=1S/C19H21N3O2/c1-2-22-16-6-4-3-5-15(16)19(18(22)24)8-11-21(12-9-19)17(23)14-7-10-20-13-14/h3-7,10,13,20H,2,8-9,11-12H2,1H3. The Bertz CT molecular complexity index is 774. The summed E-state index contributed by atoms with van der Waals surface area (Å²) in [5, 5.41) is 0. The molecule has 4 rings (SSSR count). The zero-order chi connectivity index (χ0) is 16.7. The number of nitrogens with one attached hydrogen (secondary N) is 1. The molecule has 0 radical (unpaired) electrons. The molecule has 2 aliphatic heterocycles. The van der Waals surface area contributed by atoms with Gasteiger partial charge >= 0.3 is 0 Å². The lowest BCUT2D eigenvalue weighted by Gasteiger charge is -2.38. The molecule has 1 fully saturated rings. The molecule has 5 nitrogen and oxygen atoms in total. The van der Waals surface area contributed by atoms with E-state index in [1.54, 1.807) is 18.5 Å². The Hall–Kier alpha value is -2.56. The number of hydrogen-bond donors (Lipinski definition) is 1. The summed E-state index contributed by atoms with van der Waals surface area (Å²) in [7, 11) is 0. The predicted octanol–water partition coefficient (Wildman–Crippen LogP) is 2.56. The molecular weight excluding hydrogens is 302 g/mol. The fraction of sp³-hybridized carbons (Fsp3) is 0.368. The van der Waals surface area contributed by atoms with E-state index in [2.05, 4.69) is 11.1 Å². The van der Waals surface area contributed by atoms with Crippen LogP contribution in [0.4, 0.5) is 5.69 Å². The summed E-state index contributed by atoms with van der Waals surface area (Å²) >= 11 is 0. The Labute approximate surface area is 141 Å². The van der Waals surface area contributed by atoms with Crippen LogP contribution in [0.5, 0.6) is 0 Å². The molecule has 1 spiro atoms. The van der Waals surface area contributed by atoms with Crippen LogP contribution in [0.2, 0.25) is 0 Å². The van der Waals surface area contributed by atoms with E-state index >= 15 is 0 Å². The number of nitrogens with zero attached hydrogens (tertiary/aromatic N) is 2. The van der Waals surface area contributed by atoms with Crippen molar-refractivity contribution in [2.75, 3.05) is 24.5 Å². The van der Waals surface area contributed by atoms with Gasteiger partial charge in [-0.3, -0.25) is 9.59 Å². The van der Waals surface area contributed by atoms with Crippen molar-refractivity contribution < 1.29 is 9.59 Å². The first-order chi connectivity index (χ1) is 11.7. The normalized spacial score (nSPS) is 19.0. The summed E-state index contributed by atoms with van der Waals surface area (Å²) in [5.74, 6) is 0.233. The number of likely N-dealkylation sites (tertiary alicyclic amines) is 1. The maximum absolute atomic E-state index is 13.1. The van der Waals surface area contributed by atoms with Crippen LogP contribution < -0.4 is 4.90 Å². The number of carbonyl (C=O) groups excluding carboxylic acids is 2. The van der Waals surface area contributed by atoms with Crippen molar-refractivity contribution in [3.8, 4) is 0 Å². The Morgan fingerprint density at radius 3 is 2.62 bits per heavy atom. The van der Waals surface area contributed by atoms with Gasteiger partial charge in [-0.05, 0) is 37.5 Å². The number of likely N-dealkylation sites (N-methyl/N-ethyl adjacent to an activating group) is 1. The van der Waals surface area contributed by atoms with E-state index in [1.807, 2.05) is 34.9 Å². The van der Waals surface area contributed by atoms with Gasteiger partial charge in [0, 0.05) is 37.7 Å². The molecule has 3 heterocycles. The Kier molecular flexibility index (Phi) is 3.44. The average Bonchev–Trinajstić information content (AvgIpc) is 3.23. The molecule has 1 saturated heterocycles. The van der Waals surface area contributed by atoms with E-state index in [1.165, 1.54) is 0 Å². The molecule has 1 aromatic heterocycles. The summed E-state index contributed by atoms with van der Waals surface area (Å²) < 4.78 is 0. The Morgan fingerprint density at radius 2 is 1.96 bits per heavy atom. The molecule has 0 saturated carbocycles. The molecule has 0 aliphatic carbocycles. The third kappa shape index (κ3) is 2.00. The number of carbonyl (C=O) groups is 2. The largest absolute Gasteiger partial charge is 0.367 e. The minimum Gasteiger partial charge on any atom is -0.367 e. The van der Waals surface area contributed by atoms with Gasteiger partial charge in [0.2, 0.25) is 5.91 Å². The van der Waals surface area contributed by atoms with Crippen molar-refractivity contribution in [3.05, 3.63) is 53.9 Å². The first kappa shape index (κ1) is 15.0. The number of benzene rings is 1. The van der Waals surface area contributed by atoms with E-state index in [0.29, 0.717) is 38.0 Å². The monoisotopic (exact) mass is 323 g/mol. The van der Waals surface area contributed by atoms with Gasteiger partial charge in [0.15, 0.2) is 0 Å². The van der Waals surface area contributed by atoms with Crippen molar-refractivity contribution in [2.45, 2.75) is 25.2 Å². The van der Waals surface area contributed by atoms with Gasteiger partial charge in [-0.25, -0.2) is 0 Å². The highest BCUT2D eigenvalue weighted by atomic mass is 16.2. The highest BCUT2D eigenvalue weighted by Gasteiger charge is 2.51. The van der Waals surface area contributed by atoms with Gasteiger partial charge in [0.1, 0.15) is 0 Å². The number of fused-ring (bicyclic) bond motifs is 2. The summed E-state index contributed by atoms with van der Waals surface area (Å²) in [4.78, 5) is 32.3. The first-order valence-electron chi connectivity index (χ1n) is 8.51. The minimum atomic E-state index is -0.457. The number of hydrogen-bond acceptors (Lipinski definition) is 2. The molecule has 0 unspecified atom stereocenters. The van der Waals surface area contributed by atoms with E-state index < -0.39 is 5.41 Å². The number of rotatable bonds is 2. The number of piperidine rings is 1. The van der Waals surface area contributed by atoms with Gasteiger partial charge in [-0.2, -0.15) is 0 Å². The van der Waals surface area contributed by atoms with Crippen LogP contribution in [0.15, 0.2) is 42.7 Å². The summed E-state index contributed by atoms with van der Waals surface area (Å²) in [6, 6.07) is 9.89. The van der Waals surface area contributed by atoms with Gasteiger partial charge in [0.25, 0.3) is 5.91 Å². The zero-order valence-corrected chi connectivity index (χ0v) is 13.8. The summed E-state index contributed by atoms with van der Waals surface area (Å²) in [5.41, 5.74) is 2.39. The second-order valence-corrected chi connectivity index (χ2v) is 6.54. The number of anilines is 1. The highest BCUT2D eigenvalue weighted by Crippen LogP contribution is 2.47. The number of aromatic nitrogens is 1. The van der Waals surface area contributed by atoms with Crippen LogP contribution >= 0.6 is 0 Å². The quantitative estimate of drug-likeness (QED) is 0.923. The van der Waals surface area contributed by atoms with Gasteiger partial charge in [-0.1, -0.05) is 18.2 Å². The number of para-hydroxylation sites is 1. The van der Waals surface area contributed by atoms with Crippen LogP contribution in [0.3, 0.4) is 0 Å². The zero-order valence-electron chi connectivity index (χ0n) is 13.8. The molecule has 0 bridgehead atoms. The maximum Gasteiger partial charge on any atom is 0.255 e. The highest BCUT2D eigenvalue weighted by molar-refractivity contribution is 6.08. The van der Waals surface area contributed by atoms with Gasteiger partial charge in [0.05, 0.1) is 11.0 Å². The van der Waals surface area contributed by atoms with Gasteiger partial charge < -0.3 is 14.8 Å². The molecule has 2 aliphatic rings.